The molecule has 0 spiro atoms. The van der Waals surface area contributed by atoms with Crippen LogP contribution in [0.5, 0.6) is 5.75 Å². The molecule has 0 fully saturated rings. The van der Waals surface area contributed by atoms with Crippen molar-refractivity contribution >= 4 is 37.6 Å². The lowest BCUT2D eigenvalue weighted by molar-refractivity contribution is -0.143. The largest absolute Gasteiger partial charge is 0.425 e. The Bertz CT molecular complexity index is 1110. The quantitative estimate of drug-likeness (QED) is 0.314. The zero-order valence-corrected chi connectivity index (χ0v) is 15.6. The number of fused-ring (bicyclic) bond motifs is 2. The van der Waals surface area contributed by atoms with Crippen LogP contribution in [0.4, 0.5) is 0 Å². The minimum absolute atomic E-state index is 0.202. The normalized spacial score (nSPS) is 12.5. The molecule has 0 aliphatic rings. The van der Waals surface area contributed by atoms with Crippen LogP contribution in [0.25, 0.3) is 21.5 Å². The maximum absolute atomic E-state index is 12.6. The van der Waals surface area contributed by atoms with Gasteiger partial charge in [-0.15, -0.1) is 0 Å². The van der Waals surface area contributed by atoms with Crippen molar-refractivity contribution in [2.24, 2.45) is 5.41 Å². The Hall–Kier alpha value is -2.44. The molecule has 0 atom stereocenters. The molecule has 0 bridgehead atoms. The molecule has 0 aliphatic carbocycles. The molecule has 26 heavy (non-hydrogen) atoms. The summed E-state index contributed by atoms with van der Waals surface area (Å²) in [6.45, 7) is 5.55. The van der Waals surface area contributed by atoms with E-state index in [1.54, 1.807) is 6.07 Å². The van der Waals surface area contributed by atoms with E-state index in [1.165, 1.54) is 12.1 Å². The van der Waals surface area contributed by atoms with Gasteiger partial charge in [0.1, 0.15) is 5.75 Å². The van der Waals surface area contributed by atoms with Gasteiger partial charge in [-0.3, -0.25) is 9.35 Å². The molecule has 3 aromatic carbocycles. The summed E-state index contributed by atoms with van der Waals surface area (Å²) in [6.07, 6.45) is 0.626. The number of hydrogen-bond donors (Lipinski definition) is 1. The van der Waals surface area contributed by atoms with E-state index in [4.69, 9.17) is 4.74 Å². The predicted octanol–water partition coefficient (Wildman–Crippen LogP) is 4.58. The van der Waals surface area contributed by atoms with E-state index in [-0.39, 0.29) is 10.9 Å². The third-order valence-corrected chi connectivity index (χ3v) is 5.56. The van der Waals surface area contributed by atoms with Crippen molar-refractivity contribution in [1.82, 2.24) is 0 Å². The molecule has 0 aromatic heterocycles. The van der Waals surface area contributed by atoms with Crippen molar-refractivity contribution in [3.63, 3.8) is 0 Å². The number of hydrogen-bond acceptors (Lipinski definition) is 4. The fourth-order valence-corrected chi connectivity index (χ4v) is 3.17. The van der Waals surface area contributed by atoms with Gasteiger partial charge in [0.25, 0.3) is 10.1 Å². The highest BCUT2D eigenvalue weighted by molar-refractivity contribution is 7.85. The molecule has 6 heteroatoms. The minimum atomic E-state index is -4.32. The van der Waals surface area contributed by atoms with E-state index in [9.17, 15) is 17.8 Å². The summed E-state index contributed by atoms with van der Waals surface area (Å²) in [7, 11) is -4.32. The highest BCUT2D eigenvalue weighted by atomic mass is 32.2. The maximum atomic E-state index is 12.6. The van der Waals surface area contributed by atoms with Crippen LogP contribution in [0.3, 0.4) is 0 Å². The summed E-state index contributed by atoms with van der Waals surface area (Å²) in [4.78, 5) is 12.4. The van der Waals surface area contributed by atoms with Crippen molar-refractivity contribution in [2.45, 2.75) is 32.1 Å². The van der Waals surface area contributed by atoms with Crippen LogP contribution in [-0.2, 0) is 14.9 Å². The van der Waals surface area contributed by atoms with Crippen molar-refractivity contribution in [2.75, 3.05) is 0 Å². The van der Waals surface area contributed by atoms with E-state index >= 15 is 0 Å². The summed E-state index contributed by atoms with van der Waals surface area (Å²) in [5.41, 5.74) is -0.641. The summed E-state index contributed by atoms with van der Waals surface area (Å²) in [5.74, 6) is 0.0445. The van der Waals surface area contributed by atoms with Crippen LogP contribution >= 0.6 is 0 Å². The number of esters is 1. The number of benzene rings is 3. The smallest absolute Gasteiger partial charge is 0.316 e. The third-order valence-electron chi connectivity index (χ3n) is 4.71. The Morgan fingerprint density at radius 2 is 1.69 bits per heavy atom. The fourth-order valence-electron chi connectivity index (χ4n) is 2.65. The topological polar surface area (TPSA) is 80.7 Å². The van der Waals surface area contributed by atoms with Crippen molar-refractivity contribution < 1.29 is 22.5 Å². The van der Waals surface area contributed by atoms with Gasteiger partial charge >= 0.3 is 5.97 Å². The molecular formula is C20H20O5S. The molecule has 3 aromatic rings. The van der Waals surface area contributed by atoms with Crippen LogP contribution < -0.4 is 4.74 Å². The summed E-state index contributed by atoms with van der Waals surface area (Å²) >= 11 is 0. The number of carbonyl (C=O) groups is 1. The number of carbonyl (C=O) groups excluding carboxylic acids is 1. The van der Waals surface area contributed by atoms with Gasteiger partial charge in [0.2, 0.25) is 0 Å². The highest BCUT2D eigenvalue weighted by Gasteiger charge is 2.28. The van der Waals surface area contributed by atoms with E-state index in [0.29, 0.717) is 22.9 Å². The lowest BCUT2D eigenvalue weighted by Crippen LogP contribution is -2.28. The molecule has 0 heterocycles. The molecule has 0 saturated heterocycles. The Labute approximate surface area is 152 Å². The van der Waals surface area contributed by atoms with Crippen molar-refractivity contribution in [3.05, 3.63) is 48.5 Å². The Morgan fingerprint density at radius 3 is 2.35 bits per heavy atom. The first-order chi connectivity index (χ1) is 12.1. The summed E-state index contributed by atoms with van der Waals surface area (Å²) in [6, 6.07) is 13.4. The van der Waals surface area contributed by atoms with Gasteiger partial charge in [0.15, 0.2) is 0 Å². The minimum Gasteiger partial charge on any atom is -0.425 e. The van der Waals surface area contributed by atoms with Gasteiger partial charge in [0, 0.05) is 10.8 Å². The van der Waals surface area contributed by atoms with E-state index < -0.39 is 15.5 Å². The molecule has 0 aliphatic heterocycles. The average Bonchev–Trinajstić information content (AvgIpc) is 2.60. The standard InChI is InChI=1S/C20H20O5S/c1-4-20(2,3)19(21)25-18-16-8-6-5-7-13(16)11-14-12-15(26(22,23)24)9-10-17(14)18/h5-12H,4H2,1-3H3,(H,22,23,24). The van der Waals surface area contributed by atoms with Gasteiger partial charge in [-0.25, -0.2) is 0 Å². The Kier molecular flexibility index (Phi) is 4.50. The van der Waals surface area contributed by atoms with Crippen LogP contribution in [0, 0.1) is 5.41 Å². The second-order valence-electron chi connectivity index (χ2n) is 6.91. The van der Waals surface area contributed by atoms with E-state index in [0.717, 1.165) is 10.8 Å². The van der Waals surface area contributed by atoms with Gasteiger partial charge in [-0.1, -0.05) is 31.2 Å². The fraction of sp³-hybridized carbons (Fsp3) is 0.250. The molecule has 0 radical (unpaired) electrons. The molecule has 5 nitrogen and oxygen atoms in total. The molecule has 0 unspecified atom stereocenters. The summed E-state index contributed by atoms with van der Waals surface area (Å²) < 4.78 is 38.0. The van der Waals surface area contributed by atoms with Crippen LogP contribution in [0.15, 0.2) is 53.4 Å². The number of ether oxygens (including phenoxy) is 1. The van der Waals surface area contributed by atoms with E-state index in [2.05, 4.69) is 0 Å². The first-order valence-corrected chi connectivity index (χ1v) is 9.73. The van der Waals surface area contributed by atoms with Crippen LogP contribution in [-0.4, -0.2) is 18.9 Å². The Balaban J connectivity index is 2.28. The number of rotatable bonds is 4. The van der Waals surface area contributed by atoms with Gasteiger partial charge < -0.3 is 4.74 Å². The lowest BCUT2D eigenvalue weighted by Gasteiger charge is -2.21. The second kappa shape index (κ2) is 6.37. The predicted molar refractivity (Wildman–Crippen MR) is 101 cm³/mol. The zero-order valence-electron chi connectivity index (χ0n) is 14.8. The zero-order chi connectivity index (χ0) is 19.1. The monoisotopic (exact) mass is 372 g/mol. The first-order valence-electron chi connectivity index (χ1n) is 8.29. The molecule has 136 valence electrons. The van der Waals surface area contributed by atoms with E-state index in [1.807, 2.05) is 51.1 Å². The highest BCUT2D eigenvalue weighted by Crippen LogP contribution is 2.37. The summed E-state index contributed by atoms with van der Waals surface area (Å²) in [5, 5.41) is 2.75. The van der Waals surface area contributed by atoms with Crippen molar-refractivity contribution in [3.8, 4) is 5.75 Å². The van der Waals surface area contributed by atoms with Crippen LogP contribution in [0.1, 0.15) is 27.2 Å². The van der Waals surface area contributed by atoms with Gasteiger partial charge in [-0.2, -0.15) is 8.42 Å². The third kappa shape index (κ3) is 3.30. The van der Waals surface area contributed by atoms with Crippen molar-refractivity contribution in [1.29, 1.82) is 0 Å². The first kappa shape index (κ1) is 18.4. The molecule has 1 N–H and O–H groups in total. The van der Waals surface area contributed by atoms with Crippen LogP contribution in [0.2, 0.25) is 0 Å². The molecule has 3 rings (SSSR count). The molecular weight excluding hydrogens is 352 g/mol. The molecule has 0 saturated carbocycles. The average molecular weight is 372 g/mol. The Morgan fingerprint density at radius 1 is 1.04 bits per heavy atom. The lowest BCUT2D eigenvalue weighted by atomic mass is 9.90. The SMILES string of the molecule is CCC(C)(C)C(=O)Oc1c2ccccc2cc2cc(S(=O)(=O)O)ccc12. The van der Waals surface area contributed by atoms with Gasteiger partial charge in [-0.05, 0) is 55.3 Å². The maximum Gasteiger partial charge on any atom is 0.316 e. The second-order valence-corrected chi connectivity index (χ2v) is 8.33. The molecule has 0 amide bonds. The van der Waals surface area contributed by atoms with Gasteiger partial charge in [0.05, 0.1) is 10.3 Å².